The number of methoxy groups -OCH3 is 1. The molecule has 0 radical (unpaired) electrons. The van der Waals surface area contributed by atoms with Crippen molar-refractivity contribution in [2.75, 3.05) is 7.11 Å². The Morgan fingerprint density at radius 1 is 1.20 bits per heavy atom. The normalized spacial score (nSPS) is 11.0. The van der Waals surface area contributed by atoms with Crippen LogP contribution < -0.4 is 4.74 Å². The highest BCUT2D eigenvalue weighted by Gasteiger charge is 2.12. The average Bonchev–Trinajstić information content (AvgIpc) is 2.82. The number of aromatic nitrogens is 3. The van der Waals surface area contributed by atoms with Gasteiger partial charge in [-0.05, 0) is 24.3 Å². The second kappa shape index (κ2) is 5.24. The zero-order chi connectivity index (χ0) is 14.3. The Hall–Kier alpha value is -1.30. The third-order valence-electron chi connectivity index (χ3n) is 2.81. The van der Waals surface area contributed by atoms with Gasteiger partial charge in [-0.1, -0.05) is 39.1 Å². The van der Waals surface area contributed by atoms with Crippen LogP contribution in [0.25, 0.3) is 22.6 Å². The highest BCUT2D eigenvalue weighted by Crippen LogP contribution is 2.32. The molecule has 0 atom stereocenters. The summed E-state index contributed by atoms with van der Waals surface area (Å²) in [6.45, 7) is 0. The molecule has 0 fully saturated rings. The molecule has 0 bridgehead atoms. The van der Waals surface area contributed by atoms with E-state index in [0.29, 0.717) is 16.5 Å². The molecule has 4 nitrogen and oxygen atoms in total. The van der Waals surface area contributed by atoms with Gasteiger partial charge in [-0.2, -0.15) is 0 Å². The van der Waals surface area contributed by atoms with E-state index in [2.05, 4.69) is 30.9 Å². The summed E-state index contributed by atoms with van der Waals surface area (Å²) >= 11 is 15.3. The predicted molar refractivity (Wildman–Crippen MR) is 83.6 cm³/mol. The summed E-state index contributed by atoms with van der Waals surface area (Å²) in [5.74, 6) is 1.41. The van der Waals surface area contributed by atoms with Crippen molar-refractivity contribution >= 4 is 50.3 Å². The van der Waals surface area contributed by atoms with Gasteiger partial charge in [0, 0.05) is 10.0 Å². The summed E-state index contributed by atoms with van der Waals surface area (Å²) in [7, 11) is 1.62. The topological polar surface area (TPSA) is 50.8 Å². The van der Waals surface area contributed by atoms with Crippen LogP contribution in [0.1, 0.15) is 0 Å². The Balaban J connectivity index is 2.19. The molecule has 102 valence electrons. The predicted octanol–water partition coefficient (Wildman–Crippen LogP) is 4.70. The lowest BCUT2D eigenvalue weighted by atomic mass is 10.2. The van der Waals surface area contributed by atoms with Crippen molar-refractivity contribution in [3.63, 3.8) is 0 Å². The molecule has 2 heterocycles. The van der Waals surface area contributed by atoms with Gasteiger partial charge in [0.15, 0.2) is 5.65 Å². The lowest BCUT2D eigenvalue weighted by molar-refractivity contribution is 0.415. The summed E-state index contributed by atoms with van der Waals surface area (Å²) in [5, 5.41) is 0.626. The molecule has 7 heteroatoms. The third kappa shape index (κ3) is 2.37. The van der Waals surface area contributed by atoms with Gasteiger partial charge in [-0.25, -0.2) is 9.97 Å². The molecule has 3 aromatic rings. The van der Waals surface area contributed by atoms with Crippen LogP contribution >= 0.6 is 39.1 Å². The summed E-state index contributed by atoms with van der Waals surface area (Å²) in [4.78, 5) is 11.7. The van der Waals surface area contributed by atoms with E-state index in [-0.39, 0.29) is 5.15 Å². The van der Waals surface area contributed by atoms with Crippen LogP contribution in [0.3, 0.4) is 0 Å². The van der Waals surface area contributed by atoms with Crippen molar-refractivity contribution in [2.24, 2.45) is 0 Å². The first kappa shape index (κ1) is 13.7. The Morgan fingerprint density at radius 2 is 2.00 bits per heavy atom. The zero-order valence-electron chi connectivity index (χ0n) is 10.2. The minimum absolute atomic E-state index is 0.238. The van der Waals surface area contributed by atoms with Gasteiger partial charge in [0.05, 0.1) is 17.6 Å². The van der Waals surface area contributed by atoms with E-state index in [1.54, 1.807) is 13.2 Å². The van der Waals surface area contributed by atoms with Gasteiger partial charge in [0.25, 0.3) is 0 Å². The molecule has 0 saturated carbocycles. The highest BCUT2D eigenvalue weighted by molar-refractivity contribution is 9.10. The lowest BCUT2D eigenvalue weighted by Gasteiger charge is -2.04. The summed E-state index contributed by atoms with van der Waals surface area (Å²) < 4.78 is 6.12. The summed E-state index contributed by atoms with van der Waals surface area (Å²) in [6.07, 6.45) is 0. The number of nitrogens with zero attached hydrogens (tertiary/aromatic N) is 2. The number of aromatic amines is 1. The standard InChI is InChI=1S/C13H8BrCl2N3O/c1-20-6-2-3-8(14)7(4-6)12-17-10-5-9(15)11(16)18-13(10)19-12/h2-5H,1H3,(H,17,18,19). The van der Waals surface area contributed by atoms with Gasteiger partial charge in [-0.15, -0.1) is 0 Å². The fourth-order valence-electron chi connectivity index (χ4n) is 1.84. The van der Waals surface area contributed by atoms with E-state index >= 15 is 0 Å². The molecule has 1 N–H and O–H groups in total. The number of hydrogen-bond acceptors (Lipinski definition) is 3. The van der Waals surface area contributed by atoms with Crippen molar-refractivity contribution in [1.29, 1.82) is 0 Å². The largest absolute Gasteiger partial charge is 0.497 e. The zero-order valence-corrected chi connectivity index (χ0v) is 13.3. The molecule has 0 aliphatic heterocycles. The molecule has 0 aliphatic carbocycles. The van der Waals surface area contributed by atoms with E-state index in [1.165, 1.54) is 0 Å². The van der Waals surface area contributed by atoms with Crippen LogP contribution in [-0.4, -0.2) is 22.1 Å². The van der Waals surface area contributed by atoms with Crippen LogP contribution in [0.5, 0.6) is 5.75 Å². The maximum absolute atomic E-state index is 5.95. The maximum atomic E-state index is 5.95. The van der Waals surface area contributed by atoms with Crippen LogP contribution in [0.2, 0.25) is 10.2 Å². The molecule has 0 saturated heterocycles. The smallest absolute Gasteiger partial charge is 0.179 e. The number of imidazole rings is 1. The van der Waals surface area contributed by atoms with E-state index in [9.17, 15) is 0 Å². The van der Waals surface area contributed by atoms with Crippen molar-refractivity contribution in [3.05, 3.63) is 38.9 Å². The fourth-order valence-corrected chi connectivity index (χ4v) is 2.56. The Labute approximate surface area is 133 Å². The van der Waals surface area contributed by atoms with Gasteiger partial charge in [0.1, 0.15) is 16.7 Å². The Kier molecular flexibility index (Phi) is 3.58. The van der Waals surface area contributed by atoms with Gasteiger partial charge < -0.3 is 9.72 Å². The van der Waals surface area contributed by atoms with E-state index in [1.807, 2.05) is 18.2 Å². The first-order chi connectivity index (χ1) is 9.58. The molecule has 2 aromatic heterocycles. The monoisotopic (exact) mass is 371 g/mol. The van der Waals surface area contributed by atoms with Crippen molar-refractivity contribution in [3.8, 4) is 17.1 Å². The molecule has 20 heavy (non-hydrogen) atoms. The number of hydrogen-bond donors (Lipinski definition) is 1. The second-order valence-corrected chi connectivity index (χ2v) is 5.68. The molecule has 0 aliphatic rings. The second-order valence-electron chi connectivity index (χ2n) is 4.06. The fraction of sp³-hybridized carbons (Fsp3) is 0.0769. The van der Waals surface area contributed by atoms with Crippen LogP contribution in [-0.2, 0) is 0 Å². The number of halogens is 3. The Morgan fingerprint density at radius 3 is 2.75 bits per heavy atom. The molecular formula is C13H8BrCl2N3O. The van der Waals surface area contributed by atoms with Crippen molar-refractivity contribution < 1.29 is 4.74 Å². The van der Waals surface area contributed by atoms with Crippen LogP contribution in [0, 0.1) is 0 Å². The van der Waals surface area contributed by atoms with Crippen LogP contribution in [0.4, 0.5) is 0 Å². The van der Waals surface area contributed by atoms with Crippen molar-refractivity contribution in [2.45, 2.75) is 0 Å². The highest BCUT2D eigenvalue weighted by atomic mass is 79.9. The lowest BCUT2D eigenvalue weighted by Crippen LogP contribution is -1.87. The molecule has 3 rings (SSSR count). The number of ether oxygens (including phenoxy) is 1. The van der Waals surface area contributed by atoms with Crippen molar-refractivity contribution in [1.82, 2.24) is 15.0 Å². The average molecular weight is 373 g/mol. The maximum Gasteiger partial charge on any atom is 0.179 e. The first-order valence-electron chi connectivity index (χ1n) is 5.64. The van der Waals surface area contributed by atoms with Gasteiger partial charge >= 0.3 is 0 Å². The minimum Gasteiger partial charge on any atom is -0.497 e. The van der Waals surface area contributed by atoms with E-state index in [4.69, 9.17) is 27.9 Å². The van der Waals surface area contributed by atoms with E-state index < -0.39 is 0 Å². The molecule has 0 amide bonds. The van der Waals surface area contributed by atoms with Gasteiger partial charge in [-0.3, -0.25) is 0 Å². The number of nitrogens with one attached hydrogen (secondary N) is 1. The number of rotatable bonds is 2. The number of H-pyrrole nitrogens is 1. The quantitative estimate of drug-likeness (QED) is 0.663. The number of fused-ring (bicyclic) bond motifs is 1. The summed E-state index contributed by atoms with van der Waals surface area (Å²) in [5.41, 5.74) is 2.11. The SMILES string of the molecule is COc1ccc(Br)c(-c2nc3nc(Cl)c(Cl)cc3[nH]2)c1. The molecular weight excluding hydrogens is 365 g/mol. The van der Waals surface area contributed by atoms with Gasteiger partial charge in [0.2, 0.25) is 0 Å². The van der Waals surface area contributed by atoms with Crippen LogP contribution in [0.15, 0.2) is 28.7 Å². The number of pyridine rings is 1. The molecule has 0 unspecified atom stereocenters. The molecule has 0 spiro atoms. The first-order valence-corrected chi connectivity index (χ1v) is 7.19. The van der Waals surface area contributed by atoms with E-state index in [0.717, 1.165) is 21.3 Å². The molecule has 1 aromatic carbocycles. The number of benzene rings is 1. The Bertz CT molecular complexity index is 765. The minimum atomic E-state index is 0.238. The summed E-state index contributed by atoms with van der Waals surface area (Å²) in [6, 6.07) is 7.35. The third-order valence-corrected chi connectivity index (χ3v) is 4.18.